The Hall–Kier alpha value is -4.14. The molecule has 0 unspecified atom stereocenters. The summed E-state index contributed by atoms with van der Waals surface area (Å²) >= 11 is 0. The van der Waals surface area contributed by atoms with Gasteiger partial charge >= 0.3 is 0 Å². The maximum absolute atomic E-state index is 11.7. The van der Waals surface area contributed by atoms with Gasteiger partial charge in [0.25, 0.3) is 0 Å². The third-order valence-electron chi connectivity index (χ3n) is 6.66. The van der Waals surface area contributed by atoms with Crippen molar-refractivity contribution in [3.63, 3.8) is 0 Å². The van der Waals surface area contributed by atoms with Crippen molar-refractivity contribution in [3.05, 3.63) is 85.8 Å². The van der Waals surface area contributed by atoms with Gasteiger partial charge in [-0.2, -0.15) is 0 Å². The highest BCUT2D eigenvalue weighted by Gasteiger charge is 2.22. The third kappa shape index (κ3) is 6.04. The molecule has 3 N–H and O–H groups in total. The maximum Gasteiger partial charge on any atom is 0.247 e. The van der Waals surface area contributed by atoms with E-state index in [0.29, 0.717) is 6.54 Å². The molecule has 4 aromatic rings. The van der Waals surface area contributed by atoms with Crippen molar-refractivity contribution < 1.29 is 9.90 Å². The van der Waals surface area contributed by atoms with E-state index in [2.05, 4.69) is 56.3 Å². The van der Waals surface area contributed by atoms with Crippen LogP contribution >= 0.6 is 0 Å². The van der Waals surface area contributed by atoms with Gasteiger partial charge in [-0.25, -0.2) is 4.98 Å². The first kappa shape index (κ1) is 25.5. The Kier molecular flexibility index (Phi) is 7.18. The number of aliphatic hydroxyl groups is 1. The number of amides is 1. The van der Waals surface area contributed by atoms with Gasteiger partial charge in [0.15, 0.2) is 0 Å². The fraction of sp³-hybridized carbons (Fsp3) is 0.267. The summed E-state index contributed by atoms with van der Waals surface area (Å²) < 4.78 is 1.98. The molecular formula is C30H34N6O2. The minimum absolute atomic E-state index is 0.237. The average molecular weight is 511 g/mol. The highest BCUT2D eigenvalue weighted by Crippen LogP contribution is 2.30. The van der Waals surface area contributed by atoms with E-state index < -0.39 is 5.60 Å². The molecule has 1 fully saturated rings. The molecule has 3 heterocycles. The van der Waals surface area contributed by atoms with Crippen molar-refractivity contribution >= 4 is 34.3 Å². The van der Waals surface area contributed by atoms with Gasteiger partial charge in [0.05, 0.1) is 11.1 Å². The topological polar surface area (TPSA) is 85.1 Å². The van der Waals surface area contributed by atoms with E-state index in [1.54, 1.807) is 6.33 Å². The van der Waals surface area contributed by atoms with Crippen LogP contribution in [0, 0.1) is 0 Å². The molecule has 2 aromatic heterocycles. The molecule has 38 heavy (non-hydrogen) atoms. The highest BCUT2D eigenvalue weighted by atomic mass is 16.3. The number of benzene rings is 2. The third-order valence-corrected chi connectivity index (χ3v) is 6.66. The molecule has 0 aliphatic carbocycles. The lowest BCUT2D eigenvalue weighted by Crippen LogP contribution is -2.50. The van der Waals surface area contributed by atoms with Crippen LogP contribution in [0.1, 0.15) is 13.8 Å². The van der Waals surface area contributed by atoms with E-state index in [4.69, 9.17) is 0 Å². The molecule has 1 aliphatic heterocycles. The summed E-state index contributed by atoms with van der Waals surface area (Å²) in [7, 11) is 0. The first-order valence-corrected chi connectivity index (χ1v) is 12.8. The van der Waals surface area contributed by atoms with Crippen molar-refractivity contribution in [2.75, 3.05) is 48.3 Å². The fourth-order valence-corrected chi connectivity index (χ4v) is 4.89. The lowest BCUT2D eigenvalue weighted by atomic mass is 10.1. The molecule has 8 heteroatoms. The summed E-state index contributed by atoms with van der Waals surface area (Å²) in [5, 5.41) is 16.3. The summed E-state index contributed by atoms with van der Waals surface area (Å²) in [6.07, 6.45) is 5.04. The Morgan fingerprint density at radius 2 is 1.82 bits per heavy atom. The van der Waals surface area contributed by atoms with Gasteiger partial charge in [-0.15, -0.1) is 0 Å². The predicted octanol–water partition coefficient (Wildman–Crippen LogP) is 4.76. The smallest absolute Gasteiger partial charge is 0.247 e. The zero-order valence-corrected chi connectivity index (χ0v) is 21.9. The van der Waals surface area contributed by atoms with Crippen LogP contribution in [0.5, 0.6) is 0 Å². The van der Waals surface area contributed by atoms with Gasteiger partial charge in [0, 0.05) is 67.6 Å². The van der Waals surface area contributed by atoms with Crippen LogP contribution in [0.2, 0.25) is 0 Å². The molecule has 196 valence electrons. The highest BCUT2D eigenvalue weighted by molar-refractivity contribution is 5.99. The molecule has 5 rings (SSSR count). The van der Waals surface area contributed by atoms with Gasteiger partial charge in [-0.1, -0.05) is 18.7 Å². The molecule has 1 saturated heterocycles. The Bertz CT molecular complexity index is 1430. The van der Waals surface area contributed by atoms with E-state index in [0.717, 1.165) is 60.0 Å². The molecule has 1 aliphatic rings. The van der Waals surface area contributed by atoms with E-state index >= 15 is 0 Å². The average Bonchev–Trinajstić information content (AvgIpc) is 3.32. The largest absolute Gasteiger partial charge is 0.389 e. The second-order valence-electron chi connectivity index (χ2n) is 10.3. The maximum atomic E-state index is 11.7. The number of nitrogens with one attached hydrogen (secondary N) is 2. The van der Waals surface area contributed by atoms with Crippen LogP contribution < -0.4 is 15.5 Å². The number of nitrogens with zero attached hydrogens (tertiary/aromatic N) is 4. The minimum atomic E-state index is -0.665. The van der Waals surface area contributed by atoms with E-state index in [1.165, 1.54) is 11.8 Å². The van der Waals surface area contributed by atoms with Crippen molar-refractivity contribution in [1.82, 2.24) is 14.3 Å². The van der Waals surface area contributed by atoms with E-state index in [9.17, 15) is 9.90 Å². The first-order chi connectivity index (χ1) is 18.3. The van der Waals surface area contributed by atoms with Crippen LogP contribution in [-0.2, 0) is 4.79 Å². The summed E-state index contributed by atoms with van der Waals surface area (Å²) in [6.45, 7) is 11.7. The molecule has 1 amide bonds. The predicted molar refractivity (Wildman–Crippen MR) is 154 cm³/mol. The summed E-state index contributed by atoms with van der Waals surface area (Å²) in [6, 6.07) is 20.3. The SMILES string of the molecule is C=CC(=O)Nc1cccc(-c2ccn3cnc(Nc4ccc(N5CCN(CC(C)(C)O)CC5)cc4)cc23)c1. The lowest BCUT2D eigenvalue weighted by molar-refractivity contribution is -0.111. The van der Waals surface area contributed by atoms with Crippen LogP contribution in [0.15, 0.2) is 85.8 Å². The molecule has 0 atom stereocenters. The molecule has 8 nitrogen and oxygen atoms in total. The number of carbonyl (C=O) groups excluding carboxylic acids is 1. The second-order valence-corrected chi connectivity index (χ2v) is 10.3. The number of hydrogen-bond acceptors (Lipinski definition) is 6. The molecule has 0 bridgehead atoms. The molecule has 0 saturated carbocycles. The fourth-order valence-electron chi connectivity index (χ4n) is 4.89. The van der Waals surface area contributed by atoms with Crippen molar-refractivity contribution in [1.29, 1.82) is 0 Å². The number of anilines is 4. The van der Waals surface area contributed by atoms with Gasteiger partial charge < -0.3 is 25.0 Å². The number of fused-ring (bicyclic) bond motifs is 1. The summed E-state index contributed by atoms with van der Waals surface area (Å²) in [5.74, 6) is 0.514. The minimum Gasteiger partial charge on any atom is -0.389 e. The lowest BCUT2D eigenvalue weighted by Gasteiger charge is -2.38. The Morgan fingerprint density at radius 3 is 2.53 bits per heavy atom. The van der Waals surface area contributed by atoms with Crippen molar-refractivity contribution in [2.45, 2.75) is 19.4 Å². The number of rotatable bonds is 8. The van der Waals surface area contributed by atoms with E-state index in [-0.39, 0.29) is 5.91 Å². The van der Waals surface area contributed by atoms with Crippen LogP contribution in [0.25, 0.3) is 16.6 Å². The van der Waals surface area contributed by atoms with Crippen molar-refractivity contribution in [3.8, 4) is 11.1 Å². The number of piperazine rings is 1. The normalized spacial score (nSPS) is 14.4. The monoisotopic (exact) mass is 510 g/mol. The van der Waals surface area contributed by atoms with Gasteiger partial charge in [-0.3, -0.25) is 9.69 Å². The molecule has 0 spiro atoms. The number of aromatic nitrogens is 2. The van der Waals surface area contributed by atoms with Crippen LogP contribution in [0.3, 0.4) is 0 Å². The van der Waals surface area contributed by atoms with Crippen LogP contribution in [-0.4, -0.2) is 63.6 Å². The standard InChI is InChI=1S/C30H34N6O2/c1-4-29(37)33-24-7-5-6-22(18-24)26-12-13-36-21-31-28(19-27(26)36)32-23-8-10-25(11-9-23)35-16-14-34(15-17-35)20-30(2,3)38/h4-13,18-19,21,32,38H,1,14-17,20H2,2-3H3,(H,33,37). The number of carbonyl (C=O) groups is 1. The summed E-state index contributed by atoms with van der Waals surface area (Å²) in [4.78, 5) is 21.0. The van der Waals surface area contributed by atoms with Gasteiger partial charge in [-0.05, 0) is 68.0 Å². The molecule has 0 radical (unpaired) electrons. The quantitative estimate of drug-likeness (QED) is 0.296. The zero-order valence-electron chi connectivity index (χ0n) is 21.9. The molecule has 2 aromatic carbocycles. The Balaban J connectivity index is 1.28. The molecular weight excluding hydrogens is 476 g/mol. The van der Waals surface area contributed by atoms with Crippen molar-refractivity contribution in [2.24, 2.45) is 0 Å². The van der Waals surface area contributed by atoms with Gasteiger partial charge in [0.2, 0.25) is 5.91 Å². The van der Waals surface area contributed by atoms with Crippen LogP contribution in [0.4, 0.5) is 22.9 Å². The number of hydrogen-bond donors (Lipinski definition) is 3. The second kappa shape index (κ2) is 10.7. The Labute approximate surface area is 223 Å². The van der Waals surface area contributed by atoms with E-state index in [1.807, 2.05) is 60.8 Å². The number of β-amino-alcohol motifs (C(OH)–C–C–N with tert-alkyl or cyclic N) is 1. The zero-order chi connectivity index (χ0) is 26.7. The first-order valence-electron chi connectivity index (χ1n) is 12.8. The summed E-state index contributed by atoms with van der Waals surface area (Å²) in [5.41, 5.74) is 5.27. The Morgan fingerprint density at radius 1 is 1.05 bits per heavy atom. The van der Waals surface area contributed by atoms with Gasteiger partial charge in [0.1, 0.15) is 12.1 Å².